The molecule has 3 rings (SSSR count). The quantitative estimate of drug-likeness (QED) is 0.366. The fraction of sp³-hybridized carbons (Fsp3) is 0.650. The Kier molecular flexibility index (Phi) is 8.45. The first-order valence-corrected chi connectivity index (χ1v) is 11.2. The second-order valence-corrected chi connectivity index (χ2v) is 8.34. The number of aryl methyl sites for hydroxylation is 1. The number of hydrogen-bond donors (Lipinski definition) is 2. The second-order valence-electron chi connectivity index (χ2n) is 7.36. The van der Waals surface area contributed by atoms with Crippen LogP contribution in [0.4, 0.5) is 0 Å². The van der Waals surface area contributed by atoms with Crippen LogP contribution in [0.25, 0.3) is 0 Å². The summed E-state index contributed by atoms with van der Waals surface area (Å²) in [4.78, 5) is 12.6. The lowest BCUT2D eigenvalue weighted by Crippen LogP contribution is -2.46. The van der Waals surface area contributed by atoms with Gasteiger partial charge in [-0.1, -0.05) is 25.1 Å². The van der Waals surface area contributed by atoms with Crippen LogP contribution in [0, 0.1) is 0 Å². The number of ether oxygens (including phenoxy) is 1. The van der Waals surface area contributed by atoms with E-state index in [4.69, 9.17) is 9.26 Å². The average molecular weight is 421 g/mol. The molecule has 1 atom stereocenters. The van der Waals surface area contributed by atoms with Crippen molar-refractivity contribution in [3.63, 3.8) is 0 Å². The van der Waals surface area contributed by atoms with Crippen molar-refractivity contribution in [3.05, 3.63) is 34.1 Å². The molecule has 29 heavy (non-hydrogen) atoms. The maximum absolute atomic E-state index is 5.52. The molecule has 1 unspecified atom stereocenters. The molecule has 160 valence electrons. The van der Waals surface area contributed by atoms with Gasteiger partial charge in [0, 0.05) is 50.4 Å². The van der Waals surface area contributed by atoms with Crippen LogP contribution in [-0.2, 0) is 11.2 Å². The zero-order valence-corrected chi connectivity index (χ0v) is 18.4. The van der Waals surface area contributed by atoms with E-state index in [9.17, 15) is 0 Å². The maximum atomic E-state index is 5.52. The molecule has 0 aromatic carbocycles. The van der Waals surface area contributed by atoms with Crippen LogP contribution in [0.15, 0.2) is 27.0 Å². The van der Waals surface area contributed by atoms with E-state index in [-0.39, 0.29) is 5.92 Å². The van der Waals surface area contributed by atoms with Crippen LogP contribution in [-0.4, -0.2) is 67.4 Å². The summed E-state index contributed by atoms with van der Waals surface area (Å²) >= 11 is 1.80. The van der Waals surface area contributed by atoms with Gasteiger partial charge in [0.2, 0.25) is 5.89 Å². The molecule has 0 spiro atoms. The van der Waals surface area contributed by atoms with Gasteiger partial charge in [-0.25, -0.2) is 0 Å². The summed E-state index contributed by atoms with van der Waals surface area (Å²) in [6.07, 6.45) is 1.66. The van der Waals surface area contributed by atoms with Gasteiger partial charge in [-0.3, -0.25) is 9.89 Å². The largest absolute Gasteiger partial charge is 0.379 e. The molecule has 0 amide bonds. The molecule has 1 aliphatic rings. The lowest BCUT2D eigenvalue weighted by molar-refractivity contribution is 0.0177. The molecular weight excluding hydrogens is 388 g/mol. The molecule has 3 heterocycles. The average Bonchev–Trinajstić information content (AvgIpc) is 3.43. The molecule has 2 aromatic heterocycles. The van der Waals surface area contributed by atoms with Gasteiger partial charge in [0.05, 0.1) is 19.3 Å². The molecule has 1 fully saturated rings. The molecule has 8 nitrogen and oxygen atoms in total. The van der Waals surface area contributed by atoms with Crippen molar-refractivity contribution in [1.29, 1.82) is 0 Å². The number of nitrogens with one attached hydrogen (secondary N) is 2. The lowest BCUT2D eigenvalue weighted by atomic mass is 10.2. The number of nitrogens with zero attached hydrogens (tertiary/aromatic N) is 4. The number of guanidine groups is 1. The molecule has 0 bridgehead atoms. The van der Waals surface area contributed by atoms with E-state index >= 15 is 0 Å². The second kappa shape index (κ2) is 11.3. The summed E-state index contributed by atoms with van der Waals surface area (Å²) in [5, 5.41) is 13.0. The highest BCUT2D eigenvalue weighted by Crippen LogP contribution is 2.25. The normalized spacial score (nSPS) is 16.9. The van der Waals surface area contributed by atoms with Gasteiger partial charge in [-0.2, -0.15) is 4.98 Å². The summed E-state index contributed by atoms with van der Waals surface area (Å²) < 4.78 is 10.8. The Bertz CT molecular complexity index is 740. The Hall–Kier alpha value is -1.97. The van der Waals surface area contributed by atoms with E-state index in [1.807, 2.05) is 0 Å². The molecular formula is C20H32N6O2S. The third-order valence-electron chi connectivity index (χ3n) is 4.90. The number of thiophene rings is 1. The monoisotopic (exact) mass is 420 g/mol. The van der Waals surface area contributed by atoms with E-state index in [1.165, 1.54) is 4.88 Å². The number of rotatable bonds is 9. The van der Waals surface area contributed by atoms with Crippen molar-refractivity contribution in [2.24, 2.45) is 4.99 Å². The van der Waals surface area contributed by atoms with Crippen molar-refractivity contribution in [2.75, 3.05) is 46.4 Å². The molecule has 1 aliphatic heterocycles. The molecule has 0 radical (unpaired) electrons. The molecule has 9 heteroatoms. The maximum Gasteiger partial charge on any atom is 0.226 e. The van der Waals surface area contributed by atoms with Crippen molar-refractivity contribution in [2.45, 2.75) is 38.6 Å². The Balaban J connectivity index is 1.44. The SMILES string of the molecule is CN=C(NCCCc1nc(C(C)C)no1)NCC(c1cccs1)N1CCOCC1. The zero-order chi connectivity index (χ0) is 20.5. The van der Waals surface area contributed by atoms with E-state index < -0.39 is 0 Å². The molecule has 2 aromatic rings. The van der Waals surface area contributed by atoms with Crippen molar-refractivity contribution in [1.82, 2.24) is 25.7 Å². The van der Waals surface area contributed by atoms with E-state index in [0.29, 0.717) is 11.9 Å². The zero-order valence-electron chi connectivity index (χ0n) is 17.6. The van der Waals surface area contributed by atoms with Crippen molar-refractivity contribution >= 4 is 17.3 Å². The Morgan fingerprint density at radius 2 is 2.14 bits per heavy atom. The molecule has 2 N–H and O–H groups in total. The van der Waals surface area contributed by atoms with Crippen LogP contribution in [0.3, 0.4) is 0 Å². The first-order valence-electron chi connectivity index (χ1n) is 10.3. The topological polar surface area (TPSA) is 87.8 Å². The van der Waals surface area contributed by atoms with Gasteiger partial charge in [-0.15, -0.1) is 11.3 Å². The van der Waals surface area contributed by atoms with E-state index in [0.717, 1.165) is 64.0 Å². The van der Waals surface area contributed by atoms with Crippen LogP contribution >= 0.6 is 11.3 Å². The first kappa shape index (κ1) is 21.7. The van der Waals surface area contributed by atoms with Crippen LogP contribution in [0.2, 0.25) is 0 Å². The predicted molar refractivity (Wildman–Crippen MR) is 116 cm³/mol. The summed E-state index contributed by atoms with van der Waals surface area (Å²) in [5.74, 6) is 2.57. The highest BCUT2D eigenvalue weighted by atomic mass is 32.1. The summed E-state index contributed by atoms with van der Waals surface area (Å²) in [6.45, 7) is 9.23. The predicted octanol–water partition coefficient (Wildman–Crippen LogP) is 2.43. The summed E-state index contributed by atoms with van der Waals surface area (Å²) in [6, 6.07) is 4.65. The van der Waals surface area contributed by atoms with Crippen molar-refractivity contribution < 1.29 is 9.26 Å². The minimum Gasteiger partial charge on any atom is -0.379 e. The molecule has 1 saturated heterocycles. The minimum atomic E-state index is 0.288. The van der Waals surface area contributed by atoms with Gasteiger partial charge in [0.15, 0.2) is 11.8 Å². The first-order chi connectivity index (χ1) is 14.2. The Labute approximate surface area is 176 Å². The smallest absolute Gasteiger partial charge is 0.226 e. The van der Waals surface area contributed by atoms with E-state index in [2.05, 4.69) is 62.0 Å². The van der Waals surface area contributed by atoms with Gasteiger partial charge in [0.25, 0.3) is 0 Å². The Morgan fingerprint density at radius 1 is 1.31 bits per heavy atom. The number of hydrogen-bond acceptors (Lipinski definition) is 7. The van der Waals surface area contributed by atoms with Gasteiger partial charge < -0.3 is 19.9 Å². The lowest BCUT2D eigenvalue weighted by Gasteiger charge is -2.34. The third kappa shape index (κ3) is 6.52. The highest BCUT2D eigenvalue weighted by Gasteiger charge is 2.23. The van der Waals surface area contributed by atoms with Gasteiger partial charge in [-0.05, 0) is 17.9 Å². The van der Waals surface area contributed by atoms with Crippen molar-refractivity contribution in [3.8, 4) is 0 Å². The number of aliphatic imine (C=N–C) groups is 1. The molecule has 0 saturated carbocycles. The summed E-state index contributed by atoms with van der Waals surface area (Å²) in [7, 11) is 1.80. The standard InChI is InChI=1S/C20H32N6O2S/c1-15(2)19-24-18(28-25-19)7-4-8-22-20(21-3)23-14-16(17-6-5-13-29-17)26-9-11-27-12-10-26/h5-6,13,15-16H,4,7-12,14H2,1-3H3,(H2,21,22,23). The molecule has 0 aliphatic carbocycles. The minimum absolute atomic E-state index is 0.288. The number of morpholine rings is 1. The Morgan fingerprint density at radius 3 is 2.79 bits per heavy atom. The fourth-order valence-electron chi connectivity index (χ4n) is 3.24. The fourth-order valence-corrected chi connectivity index (χ4v) is 4.11. The van der Waals surface area contributed by atoms with E-state index in [1.54, 1.807) is 18.4 Å². The summed E-state index contributed by atoms with van der Waals surface area (Å²) in [5.41, 5.74) is 0. The third-order valence-corrected chi connectivity index (χ3v) is 5.88. The van der Waals surface area contributed by atoms with Gasteiger partial charge in [0.1, 0.15) is 0 Å². The van der Waals surface area contributed by atoms with Crippen LogP contribution in [0.5, 0.6) is 0 Å². The van der Waals surface area contributed by atoms with Crippen LogP contribution in [0.1, 0.15) is 48.8 Å². The van der Waals surface area contributed by atoms with Crippen LogP contribution < -0.4 is 10.6 Å². The van der Waals surface area contributed by atoms with Gasteiger partial charge >= 0.3 is 0 Å². The highest BCUT2D eigenvalue weighted by molar-refractivity contribution is 7.10. The number of aromatic nitrogens is 2.